The normalized spacial score (nSPS) is 14.7. The number of esters is 1. The highest BCUT2D eigenvalue weighted by molar-refractivity contribution is 6.13. The van der Waals surface area contributed by atoms with Crippen LogP contribution in [0.5, 0.6) is 11.5 Å². The third-order valence-corrected chi connectivity index (χ3v) is 3.72. The van der Waals surface area contributed by atoms with Crippen molar-refractivity contribution >= 4 is 23.6 Å². The number of nitrogens with zero attached hydrogens (tertiary/aromatic N) is 2. The van der Waals surface area contributed by atoms with Crippen molar-refractivity contribution in [1.29, 1.82) is 0 Å². The Balaban J connectivity index is 1.96. The molecule has 27 heavy (non-hydrogen) atoms. The summed E-state index contributed by atoms with van der Waals surface area (Å²) in [7, 11) is 2.65. The second kappa shape index (κ2) is 7.24. The number of carbonyl (C=O) groups excluding carboxylic acids is 1. The molecule has 1 aliphatic heterocycles. The Bertz CT molecular complexity index is 999. The molecular formula is C18H13FN2O6. The highest BCUT2D eigenvalue weighted by Crippen LogP contribution is 2.29. The molecule has 1 heterocycles. The summed E-state index contributed by atoms with van der Waals surface area (Å²) in [6.45, 7) is 0. The molecule has 2 aromatic carbocycles. The number of hydrogen-bond acceptors (Lipinski definition) is 7. The van der Waals surface area contributed by atoms with Crippen LogP contribution in [-0.4, -0.2) is 31.0 Å². The molecule has 0 saturated carbocycles. The van der Waals surface area contributed by atoms with Crippen molar-refractivity contribution in [3.63, 3.8) is 0 Å². The first-order chi connectivity index (χ1) is 12.9. The lowest BCUT2D eigenvalue weighted by Crippen LogP contribution is -2.06. The van der Waals surface area contributed by atoms with Gasteiger partial charge in [-0.25, -0.2) is 14.2 Å². The van der Waals surface area contributed by atoms with E-state index in [-0.39, 0.29) is 34.3 Å². The Morgan fingerprint density at radius 2 is 1.85 bits per heavy atom. The number of halogens is 1. The fourth-order valence-electron chi connectivity index (χ4n) is 2.43. The maximum Gasteiger partial charge on any atom is 0.363 e. The number of cyclic esters (lactones) is 1. The Labute approximate surface area is 152 Å². The molecule has 0 fully saturated rings. The SMILES string of the molecule is COc1ccc(/C=C2\N=C(c3ccc(OC)c([N+](=O)[O-])c3)OC2=O)cc1F. The summed E-state index contributed by atoms with van der Waals surface area (Å²) in [6.07, 6.45) is 1.34. The molecule has 3 rings (SSSR count). The second-order valence-corrected chi connectivity index (χ2v) is 5.37. The largest absolute Gasteiger partial charge is 0.494 e. The van der Waals surface area contributed by atoms with Gasteiger partial charge in [-0.1, -0.05) is 6.07 Å². The number of aliphatic imine (C=N–C) groups is 1. The zero-order valence-corrected chi connectivity index (χ0v) is 14.3. The number of rotatable bonds is 5. The van der Waals surface area contributed by atoms with Crippen molar-refractivity contribution in [2.75, 3.05) is 14.2 Å². The highest BCUT2D eigenvalue weighted by atomic mass is 19.1. The zero-order chi connectivity index (χ0) is 19.6. The Morgan fingerprint density at radius 3 is 2.48 bits per heavy atom. The van der Waals surface area contributed by atoms with Crippen LogP contribution in [0, 0.1) is 15.9 Å². The van der Waals surface area contributed by atoms with E-state index in [0.29, 0.717) is 5.56 Å². The molecule has 0 spiro atoms. The van der Waals surface area contributed by atoms with Crippen molar-refractivity contribution in [3.05, 3.63) is 69.2 Å². The first-order valence-electron chi connectivity index (χ1n) is 7.62. The van der Waals surface area contributed by atoms with E-state index in [4.69, 9.17) is 14.2 Å². The van der Waals surface area contributed by atoms with Gasteiger partial charge in [0.15, 0.2) is 23.0 Å². The third kappa shape index (κ3) is 3.61. The molecule has 2 aromatic rings. The van der Waals surface area contributed by atoms with Gasteiger partial charge in [0, 0.05) is 11.6 Å². The van der Waals surface area contributed by atoms with Crippen LogP contribution < -0.4 is 9.47 Å². The van der Waals surface area contributed by atoms with E-state index in [1.165, 1.54) is 50.6 Å². The van der Waals surface area contributed by atoms with Crippen molar-refractivity contribution < 1.29 is 28.3 Å². The molecule has 0 saturated heterocycles. The van der Waals surface area contributed by atoms with Gasteiger partial charge < -0.3 is 14.2 Å². The maximum absolute atomic E-state index is 13.8. The molecule has 0 bridgehead atoms. The minimum atomic E-state index is -0.750. The van der Waals surface area contributed by atoms with Crippen molar-refractivity contribution in [1.82, 2.24) is 0 Å². The van der Waals surface area contributed by atoms with Gasteiger partial charge in [-0.15, -0.1) is 0 Å². The molecular weight excluding hydrogens is 359 g/mol. The lowest BCUT2D eigenvalue weighted by atomic mass is 10.1. The summed E-state index contributed by atoms with van der Waals surface area (Å²) in [5.41, 5.74) is 0.266. The van der Waals surface area contributed by atoms with Gasteiger partial charge in [0.2, 0.25) is 5.90 Å². The summed E-state index contributed by atoms with van der Waals surface area (Å²) in [4.78, 5) is 26.6. The van der Waals surface area contributed by atoms with Crippen LogP contribution in [0.2, 0.25) is 0 Å². The molecule has 1 aliphatic rings. The molecule has 138 valence electrons. The van der Waals surface area contributed by atoms with Crippen molar-refractivity contribution in [2.24, 2.45) is 4.99 Å². The van der Waals surface area contributed by atoms with Gasteiger partial charge in [0.25, 0.3) is 0 Å². The topological polar surface area (TPSA) is 100 Å². The van der Waals surface area contributed by atoms with E-state index in [1.807, 2.05) is 0 Å². The third-order valence-electron chi connectivity index (χ3n) is 3.72. The highest BCUT2D eigenvalue weighted by Gasteiger charge is 2.26. The van der Waals surface area contributed by atoms with E-state index < -0.39 is 16.7 Å². The minimum Gasteiger partial charge on any atom is -0.494 e. The van der Waals surface area contributed by atoms with E-state index in [9.17, 15) is 19.3 Å². The van der Waals surface area contributed by atoms with Crippen LogP contribution >= 0.6 is 0 Å². The molecule has 0 amide bonds. The van der Waals surface area contributed by atoms with Crippen molar-refractivity contribution in [3.8, 4) is 11.5 Å². The van der Waals surface area contributed by atoms with Gasteiger partial charge in [-0.05, 0) is 35.9 Å². The molecule has 0 N–H and O–H groups in total. The molecule has 0 aromatic heterocycles. The Hall–Kier alpha value is -3.75. The Morgan fingerprint density at radius 1 is 1.15 bits per heavy atom. The van der Waals surface area contributed by atoms with Crippen LogP contribution in [0.15, 0.2) is 47.1 Å². The number of nitro benzene ring substituents is 1. The van der Waals surface area contributed by atoms with Crippen LogP contribution in [0.4, 0.5) is 10.1 Å². The first-order valence-corrected chi connectivity index (χ1v) is 7.62. The molecule has 0 unspecified atom stereocenters. The summed E-state index contributed by atoms with van der Waals surface area (Å²) in [5, 5.41) is 11.1. The van der Waals surface area contributed by atoms with Crippen LogP contribution in [0.1, 0.15) is 11.1 Å². The van der Waals surface area contributed by atoms with Gasteiger partial charge >= 0.3 is 11.7 Å². The molecule has 0 radical (unpaired) electrons. The monoisotopic (exact) mass is 372 g/mol. The molecule has 0 atom stereocenters. The van der Waals surface area contributed by atoms with Gasteiger partial charge in [0.05, 0.1) is 19.1 Å². The molecule has 0 aliphatic carbocycles. The van der Waals surface area contributed by atoms with Gasteiger partial charge in [-0.3, -0.25) is 10.1 Å². The minimum absolute atomic E-state index is 0.0620. The van der Waals surface area contributed by atoms with E-state index >= 15 is 0 Å². The number of methoxy groups -OCH3 is 2. The predicted octanol–water partition coefficient (Wildman–Crippen LogP) is 3.10. The smallest absolute Gasteiger partial charge is 0.363 e. The second-order valence-electron chi connectivity index (χ2n) is 5.37. The fraction of sp³-hybridized carbons (Fsp3) is 0.111. The number of hydrogen-bond donors (Lipinski definition) is 0. The number of ether oxygens (including phenoxy) is 3. The average Bonchev–Trinajstić information content (AvgIpc) is 3.01. The quantitative estimate of drug-likeness (QED) is 0.346. The van der Waals surface area contributed by atoms with Crippen LogP contribution in [0.25, 0.3) is 6.08 Å². The molecule has 8 nitrogen and oxygen atoms in total. The number of benzene rings is 2. The van der Waals surface area contributed by atoms with E-state index in [2.05, 4.69) is 4.99 Å². The first kappa shape index (κ1) is 18.1. The van der Waals surface area contributed by atoms with Crippen LogP contribution in [-0.2, 0) is 9.53 Å². The number of carbonyl (C=O) groups is 1. The summed E-state index contributed by atoms with van der Waals surface area (Å²) >= 11 is 0. The lowest BCUT2D eigenvalue weighted by Gasteiger charge is -2.03. The maximum atomic E-state index is 13.8. The predicted molar refractivity (Wildman–Crippen MR) is 93.2 cm³/mol. The average molecular weight is 372 g/mol. The fourth-order valence-corrected chi connectivity index (χ4v) is 2.43. The van der Waals surface area contributed by atoms with E-state index in [0.717, 1.165) is 0 Å². The van der Waals surface area contributed by atoms with Crippen molar-refractivity contribution in [2.45, 2.75) is 0 Å². The van der Waals surface area contributed by atoms with E-state index in [1.54, 1.807) is 6.07 Å². The van der Waals surface area contributed by atoms with Gasteiger partial charge in [-0.2, -0.15) is 0 Å². The summed E-state index contributed by atoms with van der Waals surface area (Å²) < 4.78 is 28.6. The van der Waals surface area contributed by atoms with Crippen LogP contribution in [0.3, 0.4) is 0 Å². The molecule has 9 heteroatoms. The Kier molecular flexibility index (Phi) is 4.84. The summed E-state index contributed by atoms with van der Waals surface area (Å²) in [6, 6.07) is 8.21. The van der Waals surface area contributed by atoms with Gasteiger partial charge in [0.1, 0.15) is 0 Å². The standard InChI is InChI=1S/C18H13FN2O6/c1-25-15-5-3-10(7-12(15)19)8-13-18(22)27-17(20-13)11-4-6-16(26-2)14(9-11)21(23)24/h3-9H,1-2H3/b13-8-. The zero-order valence-electron chi connectivity index (χ0n) is 14.3. The summed E-state index contributed by atoms with van der Waals surface area (Å²) in [5.74, 6) is -1.29. The lowest BCUT2D eigenvalue weighted by molar-refractivity contribution is -0.385. The number of nitro groups is 1.